The molecule has 7 nitrogen and oxygen atoms in total. The molecule has 0 aromatic heterocycles. The number of carbonyl (C=O) groups excluding carboxylic acids is 3. The van der Waals surface area contributed by atoms with Crippen molar-refractivity contribution in [2.75, 3.05) is 21.3 Å². The van der Waals surface area contributed by atoms with Crippen LogP contribution in [-0.4, -0.2) is 49.4 Å². The SMILES string of the molecule is COC(=O)[C@H](C)N1C(=O)S/C(=C/c2cc(OC)c(OC)cc2Br)C1=O. The average molecular weight is 430 g/mol. The number of esters is 1. The summed E-state index contributed by atoms with van der Waals surface area (Å²) in [6, 6.07) is 2.39. The first kappa shape index (κ1) is 19.3. The minimum Gasteiger partial charge on any atom is -0.493 e. The van der Waals surface area contributed by atoms with Crippen LogP contribution in [0.4, 0.5) is 4.79 Å². The Hall–Kier alpha value is -2.00. The molecule has 1 aliphatic rings. The molecule has 1 heterocycles. The van der Waals surface area contributed by atoms with E-state index in [2.05, 4.69) is 20.7 Å². The fraction of sp³-hybridized carbons (Fsp3) is 0.312. The van der Waals surface area contributed by atoms with Gasteiger partial charge in [0, 0.05) is 4.47 Å². The van der Waals surface area contributed by atoms with E-state index in [1.165, 1.54) is 28.3 Å². The van der Waals surface area contributed by atoms with Gasteiger partial charge in [-0.2, -0.15) is 0 Å². The fourth-order valence-corrected chi connectivity index (χ4v) is 3.55. The number of amides is 2. The monoisotopic (exact) mass is 429 g/mol. The molecule has 0 saturated carbocycles. The number of halogens is 1. The Balaban J connectivity index is 2.38. The van der Waals surface area contributed by atoms with Gasteiger partial charge in [0.1, 0.15) is 6.04 Å². The van der Waals surface area contributed by atoms with Gasteiger partial charge in [0.25, 0.3) is 11.1 Å². The molecule has 134 valence electrons. The fourth-order valence-electron chi connectivity index (χ4n) is 2.21. The van der Waals surface area contributed by atoms with Crippen LogP contribution < -0.4 is 9.47 Å². The molecule has 1 atom stereocenters. The maximum atomic E-state index is 12.5. The maximum Gasteiger partial charge on any atom is 0.328 e. The topological polar surface area (TPSA) is 82.1 Å². The van der Waals surface area contributed by atoms with Crippen molar-refractivity contribution < 1.29 is 28.6 Å². The summed E-state index contributed by atoms with van der Waals surface area (Å²) in [5, 5.41) is -0.522. The standard InChI is InChI=1S/C16H16BrNO6S/c1-8(15(20)24-4)18-14(19)13(25-16(18)21)6-9-5-11(22-2)12(23-3)7-10(9)17/h5-8H,1-4H3/b13-6+/t8-/m0/s1. The quantitative estimate of drug-likeness (QED) is 0.525. The normalized spacial score (nSPS) is 17.0. The van der Waals surface area contributed by atoms with Crippen LogP contribution in [0.1, 0.15) is 12.5 Å². The molecule has 0 unspecified atom stereocenters. The predicted octanol–water partition coefficient (Wildman–Crippen LogP) is 3.06. The lowest BCUT2D eigenvalue weighted by Gasteiger charge is -2.18. The third-order valence-corrected chi connectivity index (χ3v) is 5.11. The number of thioether (sulfide) groups is 1. The van der Waals surface area contributed by atoms with E-state index in [4.69, 9.17) is 9.47 Å². The number of hydrogen-bond acceptors (Lipinski definition) is 7. The van der Waals surface area contributed by atoms with E-state index in [1.54, 1.807) is 18.2 Å². The lowest BCUT2D eigenvalue weighted by molar-refractivity contribution is -0.148. The summed E-state index contributed by atoms with van der Waals surface area (Å²) in [4.78, 5) is 37.3. The molecule has 1 aromatic rings. The second-order valence-electron chi connectivity index (χ2n) is 4.98. The maximum absolute atomic E-state index is 12.5. The molecule has 9 heteroatoms. The molecular formula is C16H16BrNO6S. The van der Waals surface area contributed by atoms with Crippen molar-refractivity contribution >= 4 is 50.9 Å². The van der Waals surface area contributed by atoms with E-state index in [-0.39, 0.29) is 4.91 Å². The lowest BCUT2D eigenvalue weighted by atomic mass is 10.1. The van der Waals surface area contributed by atoms with E-state index >= 15 is 0 Å². The van der Waals surface area contributed by atoms with Crippen LogP contribution in [0.25, 0.3) is 6.08 Å². The summed E-state index contributed by atoms with van der Waals surface area (Å²) in [5.41, 5.74) is 0.633. The highest BCUT2D eigenvalue weighted by molar-refractivity contribution is 9.10. The minimum atomic E-state index is -0.989. The molecule has 25 heavy (non-hydrogen) atoms. The molecule has 2 amide bonds. The van der Waals surface area contributed by atoms with Crippen LogP contribution in [0.2, 0.25) is 0 Å². The van der Waals surface area contributed by atoms with E-state index in [0.29, 0.717) is 21.5 Å². The number of carbonyl (C=O) groups is 3. The Morgan fingerprint density at radius 1 is 1.20 bits per heavy atom. The molecule has 0 aliphatic carbocycles. The number of methoxy groups -OCH3 is 3. The van der Waals surface area contributed by atoms with Gasteiger partial charge < -0.3 is 14.2 Å². The third-order valence-electron chi connectivity index (χ3n) is 3.54. The Morgan fingerprint density at radius 2 is 1.80 bits per heavy atom. The predicted molar refractivity (Wildman–Crippen MR) is 96.5 cm³/mol. The highest BCUT2D eigenvalue weighted by Gasteiger charge is 2.41. The van der Waals surface area contributed by atoms with Crippen LogP contribution in [0.3, 0.4) is 0 Å². The van der Waals surface area contributed by atoms with Gasteiger partial charge >= 0.3 is 5.97 Å². The number of imide groups is 1. The number of rotatable bonds is 5. The molecular weight excluding hydrogens is 414 g/mol. The number of benzene rings is 1. The smallest absolute Gasteiger partial charge is 0.328 e. The first-order valence-electron chi connectivity index (χ1n) is 7.10. The van der Waals surface area contributed by atoms with Crippen molar-refractivity contribution in [1.82, 2.24) is 4.90 Å². The zero-order chi connectivity index (χ0) is 18.7. The summed E-state index contributed by atoms with van der Waals surface area (Å²) in [5.74, 6) is -0.191. The zero-order valence-corrected chi connectivity index (χ0v) is 16.4. The van der Waals surface area contributed by atoms with Gasteiger partial charge in [0.15, 0.2) is 11.5 Å². The van der Waals surface area contributed by atoms with E-state index < -0.39 is 23.2 Å². The number of nitrogens with zero attached hydrogens (tertiary/aromatic N) is 1. The lowest BCUT2D eigenvalue weighted by Crippen LogP contribution is -2.42. The molecule has 0 N–H and O–H groups in total. The summed E-state index contributed by atoms with van der Waals surface area (Å²) in [6.45, 7) is 1.44. The van der Waals surface area contributed by atoms with Gasteiger partial charge in [0.2, 0.25) is 0 Å². The molecule has 2 rings (SSSR count). The van der Waals surface area contributed by atoms with Gasteiger partial charge in [-0.05, 0) is 42.5 Å². The van der Waals surface area contributed by atoms with Crippen molar-refractivity contribution in [1.29, 1.82) is 0 Å². The molecule has 0 radical (unpaired) electrons. The summed E-state index contributed by atoms with van der Waals surface area (Å²) in [7, 11) is 4.22. The van der Waals surface area contributed by atoms with Crippen molar-refractivity contribution in [3.05, 3.63) is 27.1 Å². The number of ether oxygens (including phenoxy) is 3. The first-order valence-corrected chi connectivity index (χ1v) is 8.71. The van der Waals surface area contributed by atoms with Crippen molar-refractivity contribution in [2.24, 2.45) is 0 Å². The van der Waals surface area contributed by atoms with E-state index in [1.807, 2.05) is 0 Å². The van der Waals surface area contributed by atoms with E-state index in [9.17, 15) is 14.4 Å². The third kappa shape index (κ3) is 3.82. The second-order valence-corrected chi connectivity index (χ2v) is 6.83. The highest BCUT2D eigenvalue weighted by atomic mass is 79.9. The largest absolute Gasteiger partial charge is 0.493 e. The second kappa shape index (κ2) is 7.92. The van der Waals surface area contributed by atoms with Crippen molar-refractivity contribution in [3.63, 3.8) is 0 Å². The molecule has 1 fully saturated rings. The highest BCUT2D eigenvalue weighted by Crippen LogP contribution is 2.38. The van der Waals surface area contributed by atoms with Crippen LogP contribution in [0.5, 0.6) is 11.5 Å². The van der Waals surface area contributed by atoms with Gasteiger partial charge in [-0.25, -0.2) is 4.79 Å². The first-order chi connectivity index (χ1) is 11.8. The Kier molecular flexibility index (Phi) is 6.12. The Labute approximate surface area is 157 Å². The molecule has 1 saturated heterocycles. The molecule has 0 bridgehead atoms. The van der Waals surface area contributed by atoms with Gasteiger partial charge in [-0.1, -0.05) is 15.9 Å². The molecule has 0 spiro atoms. The van der Waals surface area contributed by atoms with Gasteiger partial charge in [-0.15, -0.1) is 0 Å². The number of hydrogen-bond donors (Lipinski definition) is 0. The average Bonchev–Trinajstić information content (AvgIpc) is 2.88. The van der Waals surface area contributed by atoms with Crippen LogP contribution >= 0.6 is 27.7 Å². The summed E-state index contributed by atoms with van der Waals surface area (Å²) < 4.78 is 15.7. The molecule has 1 aromatic carbocycles. The van der Waals surface area contributed by atoms with Crippen molar-refractivity contribution in [3.8, 4) is 11.5 Å². The Morgan fingerprint density at radius 3 is 2.36 bits per heavy atom. The van der Waals surface area contributed by atoms with E-state index in [0.717, 1.165) is 16.7 Å². The van der Waals surface area contributed by atoms with Crippen LogP contribution in [0.15, 0.2) is 21.5 Å². The Bertz CT molecular complexity index is 763. The van der Waals surface area contributed by atoms with Crippen LogP contribution in [-0.2, 0) is 14.3 Å². The summed E-state index contributed by atoms with van der Waals surface area (Å²) >= 11 is 4.16. The van der Waals surface area contributed by atoms with Crippen molar-refractivity contribution in [2.45, 2.75) is 13.0 Å². The van der Waals surface area contributed by atoms with Gasteiger partial charge in [-0.3, -0.25) is 14.5 Å². The minimum absolute atomic E-state index is 0.202. The summed E-state index contributed by atoms with van der Waals surface area (Å²) in [6.07, 6.45) is 1.56. The van der Waals surface area contributed by atoms with Gasteiger partial charge in [0.05, 0.1) is 26.2 Å². The zero-order valence-electron chi connectivity index (χ0n) is 14.0. The molecule has 1 aliphatic heterocycles. The van der Waals surface area contributed by atoms with Crippen LogP contribution in [0, 0.1) is 0 Å².